The number of benzene rings is 1. The summed E-state index contributed by atoms with van der Waals surface area (Å²) < 4.78 is 5.63. The molecule has 3 heterocycles. The number of likely N-dealkylation sites (tertiary alicyclic amines) is 1. The molecule has 1 N–H and O–H groups in total. The van der Waals surface area contributed by atoms with Crippen molar-refractivity contribution < 1.29 is 4.52 Å². The minimum Gasteiger partial charge on any atom is -0.356 e. The number of nitrogens with zero attached hydrogens (tertiary/aromatic N) is 3. The van der Waals surface area contributed by atoms with Crippen LogP contribution in [0.15, 0.2) is 35.0 Å². The molecule has 2 aromatic heterocycles. The molecule has 0 bridgehead atoms. The molecule has 0 saturated carbocycles. The Morgan fingerprint density at radius 2 is 1.96 bits per heavy atom. The predicted molar refractivity (Wildman–Crippen MR) is 111 cm³/mol. The van der Waals surface area contributed by atoms with Crippen molar-refractivity contribution in [1.29, 1.82) is 0 Å². The van der Waals surface area contributed by atoms with Crippen LogP contribution in [-0.4, -0.2) is 26.8 Å². The minimum absolute atomic E-state index is 0.320. The fourth-order valence-corrected chi connectivity index (χ4v) is 4.15. The van der Waals surface area contributed by atoms with Gasteiger partial charge in [0.1, 0.15) is 0 Å². The summed E-state index contributed by atoms with van der Waals surface area (Å²) in [5, 5.41) is 11.8. The molecule has 28 heavy (non-hydrogen) atoms. The lowest BCUT2D eigenvalue weighted by molar-refractivity contribution is 0.137. The molecule has 1 atom stereocenters. The van der Waals surface area contributed by atoms with E-state index in [4.69, 9.17) is 4.52 Å². The fraction of sp³-hybridized carbons (Fsp3) is 0.478. The van der Waals surface area contributed by atoms with Crippen LogP contribution in [0.2, 0.25) is 0 Å². The van der Waals surface area contributed by atoms with E-state index in [1.54, 1.807) is 0 Å². The highest BCUT2D eigenvalue weighted by atomic mass is 16.5. The van der Waals surface area contributed by atoms with Gasteiger partial charge >= 0.3 is 0 Å². The predicted octanol–water partition coefficient (Wildman–Crippen LogP) is 5.53. The van der Waals surface area contributed by atoms with E-state index in [0.29, 0.717) is 12.0 Å². The fourth-order valence-electron chi connectivity index (χ4n) is 4.15. The molecule has 5 heteroatoms. The number of piperidine rings is 1. The van der Waals surface area contributed by atoms with Crippen LogP contribution in [0.3, 0.4) is 0 Å². The normalized spacial score (nSPS) is 18.1. The van der Waals surface area contributed by atoms with Gasteiger partial charge in [0.15, 0.2) is 5.76 Å². The second-order valence-corrected chi connectivity index (χ2v) is 8.30. The highest BCUT2D eigenvalue weighted by molar-refractivity contribution is 5.64. The van der Waals surface area contributed by atoms with Crippen molar-refractivity contribution >= 4 is 0 Å². The third kappa shape index (κ3) is 3.63. The summed E-state index contributed by atoms with van der Waals surface area (Å²) >= 11 is 0. The molecule has 148 valence electrons. The molecule has 0 unspecified atom stereocenters. The highest BCUT2D eigenvalue weighted by Gasteiger charge is 2.29. The Bertz CT molecular complexity index is 922. The van der Waals surface area contributed by atoms with Crippen molar-refractivity contribution in [2.24, 2.45) is 0 Å². The van der Waals surface area contributed by atoms with Crippen molar-refractivity contribution in [2.75, 3.05) is 6.54 Å². The molecular formula is C23H30N4O. The molecule has 0 aliphatic carbocycles. The third-order valence-corrected chi connectivity index (χ3v) is 6.05. The standard InChI is InChI=1S/C23H30N4O/c1-15(2)19-10-8-18(9-11-19)14-27-12-6-5-7-21(27)22-20(13-24-25-22)23-16(3)17(4)26-28-23/h8-11,13,15,21H,5-7,12,14H2,1-4H3,(H,24,25)/t21-/m1/s1. The molecule has 0 radical (unpaired) electrons. The van der Waals surface area contributed by atoms with Gasteiger partial charge in [-0.1, -0.05) is 49.7 Å². The molecule has 1 aliphatic heterocycles. The summed E-state index contributed by atoms with van der Waals surface area (Å²) in [5.74, 6) is 1.41. The lowest BCUT2D eigenvalue weighted by Gasteiger charge is -2.35. The van der Waals surface area contributed by atoms with Crippen molar-refractivity contribution in [2.45, 2.75) is 65.5 Å². The van der Waals surface area contributed by atoms with Gasteiger partial charge in [-0.3, -0.25) is 10.00 Å². The largest absolute Gasteiger partial charge is 0.356 e. The first kappa shape index (κ1) is 18.9. The van der Waals surface area contributed by atoms with E-state index in [-0.39, 0.29) is 0 Å². The lowest BCUT2D eigenvalue weighted by atomic mass is 9.94. The van der Waals surface area contributed by atoms with Crippen molar-refractivity contribution in [3.63, 3.8) is 0 Å². The zero-order valence-electron chi connectivity index (χ0n) is 17.3. The molecule has 1 fully saturated rings. The average Bonchev–Trinajstić information content (AvgIpc) is 3.30. The summed E-state index contributed by atoms with van der Waals surface area (Å²) in [6.45, 7) is 10.6. The number of aromatic nitrogens is 3. The summed E-state index contributed by atoms with van der Waals surface area (Å²) in [5.41, 5.74) is 6.99. The SMILES string of the molecule is Cc1noc(-c2cn[nH]c2[C@H]2CCCCN2Cc2ccc(C(C)C)cc2)c1C. The molecule has 1 aliphatic rings. The number of aromatic amines is 1. The molecule has 4 rings (SSSR count). The number of H-pyrrole nitrogens is 1. The van der Waals surface area contributed by atoms with Crippen LogP contribution in [0.4, 0.5) is 0 Å². The number of aryl methyl sites for hydroxylation is 1. The Balaban J connectivity index is 1.60. The number of rotatable bonds is 5. The van der Waals surface area contributed by atoms with Crippen LogP contribution in [-0.2, 0) is 6.54 Å². The van der Waals surface area contributed by atoms with Crippen LogP contribution >= 0.6 is 0 Å². The topological polar surface area (TPSA) is 58.0 Å². The zero-order valence-corrected chi connectivity index (χ0v) is 17.3. The van der Waals surface area contributed by atoms with Gasteiger partial charge in [0.05, 0.1) is 29.2 Å². The smallest absolute Gasteiger partial charge is 0.173 e. The molecule has 3 aromatic rings. The van der Waals surface area contributed by atoms with E-state index in [1.165, 1.54) is 24.0 Å². The third-order valence-electron chi connectivity index (χ3n) is 6.05. The second kappa shape index (κ2) is 7.92. The molecular weight excluding hydrogens is 348 g/mol. The van der Waals surface area contributed by atoms with E-state index in [0.717, 1.165) is 47.8 Å². The van der Waals surface area contributed by atoms with Gasteiger partial charge in [-0.05, 0) is 50.3 Å². The van der Waals surface area contributed by atoms with Gasteiger partial charge in [0, 0.05) is 12.1 Å². The van der Waals surface area contributed by atoms with Gasteiger partial charge in [0.25, 0.3) is 0 Å². The summed E-state index contributed by atoms with van der Waals surface area (Å²) in [7, 11) is 0. The maximum absolute atomic E-state index is 5.63. The maximum Gasteiger partial charge on any atom is 0.173 e. The van der Waals surface area contributed by atoms with Crippen LogP contribution < -0.4 is 0 Å². The van der Waals surface area contributed by atoms with Crippen LogP contribution in [0.25, 0.3) is 11.3 Å². The first-order valence-corrected chi connectivity index (χ1v) is 10.3. The Labute approximate surface area is 167 Å². The highest BCUT2D eigenvalue weighted by Crippen LogP contribution is 2.37. The quantitative estimate of drug-likeness (QED) is 0.634. The first-order chi connectivity index (χ1) is 13.5. The maximum atomic E-state index is 5.63. The average molecular weight is 379 g/mol. The number of hydrogen-bond donors (Lipinski definition) is 1. The number of nitrogens with one attached hydrogen (secondary N) is 1. The minimum atomic E-state index is 0.320. The molecule has 0 amide bonds. The summed E-state index contributed by atoms with van der Waals surface area (Å²) in [6.07, 6.45) is 5.49. The zero-order chi connectivity index (χ0) is 19.7. The van der Waals surface area contributed by atoms with Gasteiger partial charge < -0.3 is 4.52 Å². The van der Waals surface area contributed by atoms with Crippen molar-refractivity contribution in [3.05, 3.63) is 58.5 Å². The summed E-state index contributed by atoms with van der Waals surface area (Å²) in [6, 6.07) is 9.40. The van der Waals surface area contributed by atoms with E-state index < -0.39 is 0 Å². The van der Waals surface area contributed by atoms with Gasteiger partial charge in [-0.15, -0.1) is 0 Å². The Morgan fingerprint density at radius 1 is 1.18 bits per heavy atom. The van der Waals surface area contributed by atoms with Gasteiger partial charge in [0.2, 0.25) is 0 Å². The van der Waals surface area contributed by atoms with E-state index in [9.17, 15) is 0 Å². The van der Waals surface area contributed by atoms with E-state index in [1.807, 2.05) is 13.1 Å². The van der Waals surface area contributed by atoms with Crippen LogP contribution in [0.1, 0.15) is 73.1 Å². The Hall–Kier alpha value is -2.40. The van der Waals surface area contributed by atoms with Crippen LogP contribution in [0, 0.1) is 13.8 Å². The molecule has 5 nitrogen and oxygen atoms in total. The summed E-state index contributed by atoms with van der Waals surface area (Å²) in [4.78, 5) is 2.57. The Kier molecular flexibility index (Phi) is 5.36. The molecule has 1 aromatic carbocycles. The van der Waals surface area contributed by atoms with Crippen molar-refractivity contribution in [1.82, 2.24) is 20.3 Å². The lowest BCUT2D eigenvalue weighted by Crippen LogP contribution is -2.33. The van der Waals surface area contributed by atoms with Crippen LogP contribution in [0.5, 0.6) is 0 Å². The van der Waals surface area contributed by atoms with Gasteiger partial charge in [-0.25, -0.2) is 0 Å². The van der Waals surface area contributed by atoms with Crippen molar-refractivity contribution in [3.8, 4) is 11.3 Å². The van der Waals surface area contributed by atoms with Gasteiger partial charge in [-0.2, -0.15) is 5.10 Å². The Morgan fingerprint density at radius 3 is 2.64 bits per heavy atom. The molecule has 1 saturated heterocycles. The monoisotopic (exact) mass is 378 g/mol. The van der Waals surface area contributed by atoms with E-state index in [2.05, 4.69) is 65.3 Å². The molecule has 0 spiro atoms. The van der Waals surface area contributed by atoms with E-state index >= 15 is 0 Å². The first-order valence-electron chi connectivity index (χ1n) is 10.3. The second-order valence-electron chi connectivity index (χ2n) is 8.30. The number of hydrogen-bond acceptors (Lipinski definition) is 4.